The fraction of sp³-hybridized carbons (Fsp3) is 0.768. The Morgan fingerprint density at radius 3 is 1.22 bits per heavy atom. The number of rotatable bonds is 56. The van der Waals surface area contributed by atoms with Crippen molar-refractivity contribution in [1.29, 1.82) is 0 Å². The number of esters is 3. The number of aliphatic hydroxyl groups excluding tert-OH is 2. The second kappa shape index (κ2) is 56.6. The first-order chi connectivity index (χ1) is 39.6. The van der Waals surface area contributed by atoms with Crippen LogP contribution in [0.25, 0.3) is 0 Å². The monoisotopic (exact) mass is 1140 g/mol. The number of aliphatic carboxylic acids is 1. The van der Waals surface area contributed by atoms with E-state index in [9.17, 15) is 34.5 Å². The molecule has 1 heterocycles. The molecular weight excluding hydrogens is 1020 g/mol. The molecule has 0 aliphatic carbocycles. The lowest BCUT2D eigenvalue weighted by Gasteiger charge is -2.40. The van der Waals surface area contributed by atoms with Gasteiger partial charge in [0.2, 0.25) is 0 Å². The van der Waals surface area contributed by atoms with Gasteiger partial charge in [0, 0.05) is 19.3 Å². The smallest absolute Gasteiger partial charge is 0.335 e. The summed E-state index contributed by atoms with van der Waals surface area (Å²) in [5.41, 5.74) is 0. The molecule has 0 aromatic heterocycles. The van der Waals surface area contributed by atoms with Crippen LogP contribution in [-0.2, 0) is 42.9 Å². The molecule has 466 valence electrons. The highest BCUT2D eigenvalue weighted by atomic mass is 16.7. The predicted molar refractivity (Wildman–Crippen MR) is 331 cm³/mol. The van der Waals surface area contributed by atoms with Gasteiger partial charge >= 0.3 is 23.9 Å². The van der Waals surface area contributed by atoms with Crippen LogP contribution in [-0.4, -0.2) is 89.2 Å². The number of ether oxygens (including phenoxy) is 5. The van der Waals surface area contributed by atoms with Crippen LogP contribution >= 0.6 is 0 Å². The maximum atomic E-state index is 13.2. The normalized spacial score (nSPS) is 18.2. The van der Waals surface area contributed by atoms with Crippen LogP contribution in [0, 0.1) is 0 Å². The molecule has 3 N–H and O–H groups in total. The Balaban J connectivity index is 2.66. The molecule has 0 radical (unpaired) electrons. The number of carboxylic acid groups (broad SMARTS) is 1. The first-order valence-corrected chi connectivity index (χ1v) is 32.9. The van der Waals surface area contributed by atoms with Gasteiger partial charge in [-0.15, -0.1) is 0 Å². The van der Waals surface area contributed by atoms with Crippen LogP contribution in [0.15, 0.2) is 72.9 Å². The van der Waals surface area contributed by atoms with Crippen LogP contribution in [0.4, 0.5) is 0 Å². The fourth-order valence-electron chi connectivity index (χ4n) is 9.70. The lowest BCUT2D eigenvalue weighted by molar-refractivity contribution is -0.301. The highest BCUT2D eigenvalue weighted by molar-refractivity contribution is 5.74. The Labute approximate surface area is 493 Å². The van der Waals surface area contributed by atoms with E-state index in [0.717, 1.165) is 135 Å². The minimum Gasteiger partial charge on any atom is -0.479 e. The standard InChI is InChI=1S/C69H118O12/c1-4-7-10-13-16-19-22-25-28-30-31-33-36-39-42-45-48-51-54-57-63(72)80-67-65(74)64(73)66(68(75)76)81-69(67)78-59-60(79-62(71)56-53-50-47-44-41-38-34-27-24-21-18-15-12-9-6-3)58-77-61(70)55-52-49-46-43-40-37-35-32-29-26-23-20-17-14-11-8-5-2/h8,11,17-18,20-21,25-29,34,60,64-67,69,73-74H,4-7,9-10,12-16,19,22-24,30-33,35-59H2,1-3H3,(H,75,76)/b11-8-,20-17-,21-18-,28-25-,29-26-,34-27-. The summed E-state index contributed by atoms with van der Waals surface area (Å²) in [5.74, 6) is -3.14. The SMILES string of the molecule is CC/C=C\C/C=C\C/C=C\CCCCCCCCCC(=O)OCC(COC1OC(C(=O)O)C(O)C(O)C1OC(=O)CCCCCCCCCCC/C=C\CCCCCCCC)OC(=O)CCCCCCC/C=C\C/C=C\CCCCC. The minimum absolute atomic E-state index is 0.0549. The third-order valence-corrected chi connectivity index (χ3v) is 14.7. The maximum Gasteiger partial charge on any atom is 0.335 e. The molecule has 1 rings (SSSR count). The van der Waals surface area contributed by atoms with E-state index in [0.29, 0.717) is 19.3 Å². The predicted octanol–water partition coefficient (Wildman–Crippen LogP) is 17.7. The van der Waals surface area contributed by atoms with Gasteiger partial charge in [-0.2, -0.15) is 0 Å². The Bertz CT molecular complexity index is 1680. The van der Waals surface area contributed by atoms with Crippen molar-refractivity contribution in [3.8, 4) is 0 Å². The second-order valence-corrected chi connectivity index (χ2v) is 22.4. The summed E-state index contributed by atoms with van der Waals surface area (Å²) in [4.78, 5) is 51.3. The molecule has 0 amide bonds. The molecule has 12 heteroatoms. The van der Waals surface area contributed by atoms with Crippen molar-refractivity contribution >= 4 is 23.9 Å². The van der Waals surface area contributed by atoms with Gasteiger partial charge in [-0.1, -0.05) is 235 Å². The third-order valence-electron chi connectivity index (χ3n) is 14.7. The Kier molecular flexibility index (Phi) is 52.6. The van der Waals surface area contributed by atoms with E-state index in [2.05, 4.69) is 93.7 Å². The molecule has 1 saturated heterocycles. The highest BCUT2D eigenvalue weighted by Crippen LogP contribution is 2.27. The average molecular weight is 1140 g/mol. The third kappa shape index (κ3) is 46.3. The lowest BCUT2D eigenvalue weighted by atomic mass is 9.98. The number of carbonyl (C=O) groups is 4. The highest BCUT2D eigenvalue weighted by Gasteiger charge is 2.50. The van der Waals surface area contributed by atoms with Crippen molar-refractivity contribution < 1.29 is 58.2 Å². The van der Waals surface area contributed by atoms with Crippen LogP contribution in [0.2, 0.25) is 0 Å². The summed E-state index contributed by atoms with van der Waals surface area (Å²) < 4.78 is 28.5. The average Bonchev–Trinajstić information content (AvgIpc) is 3.53. The Morgan fingerprint density at radius 2 is 0.778 bits per heavy atom. The summed E-state index contributed by atoms with van der Waals surface area (Å²) in [5, 5.41) is 31.6. The number of carboxylic acids is 1. The van der Waals surface area contributed by atoms with Gasteiger partial charge in [0.15, 0.2) is 24.6 Å². The van der Waals surface area contributed by atoms with Crippen molar-refractivity contribution in [3.63, 3.8) is 0 Å². The van der Waals surface area contributed by atoms with Gasteiger partial charge in [0.1, 0.15) is 18.8 Å². The Morgan fingerprint density at radius 1 is 0.420 bits per heavy atom. The number of aliphatic hydroxyl groups is 2. The molecule has 0 aromatic rings. The number of allylic oxidation sites excluding steroid dienone is 12. The van der Waals surface area contributed by atoms with Gasteiger partial charge in [-0.05, 0) is 109 Å². The van der Waals surface area contributed by atoms with Crippen LogP contribution in [0.1, 0.15) is 290 Å². The zero-order valence-corrected chi connectivity index (χ0v) is 51.5. The van der Waals surface area contributed by atoms with E-state index in [4.69, 9.17) is 23.7 Å². The second-order valence-electron chi connectivity index (χ2n) is 22.4. The summed E-state index contributed by atoms with van der Waals surface area (Å²) in [7, 11) is 0. The summed E-state index contributed by atoms with van der Waals surface area (Å²) >= 11 is 0. The lowest BCUT2D eigenvalue weighted by Crippen LogP contribution is -2.61. The van der Waals surface area contributed by atoms with E-state index < -0.39 is 67.3 Å². The number of hydrogen-bond donors (Lipinski definition) is 3. The molecule has 0 aromatic carbocycles. The van der Waals surface area contributed by atoms with Gasteiger partial charge in [0.25, 0.3) is 0 Å². The van der Waals surface area contributed by atoms with E-state index in [1.165, 1.54) is 96.3 Å². The molecule has 12 nitrogen and oxygen atoms in total. The van der Waals surface area contributed by atoms with Crippen molar-refractivity contribution in [1.82, 2.24) is 0 Å². The summed E-state index contributed by atoms with van der Waals surface area (Å²) in [6.07, 6.45) is 60.0. The quantitative estimate of drug-likeness (QED) is 0.0228. The van der Waals surface area contributed by atoms with Crippen LogP contribution < -0.4 is 0 Å². The van der Waals surface area contributed by atoms with Crippen molar-refractivity contribution in [3.05, 3.63) is 72.9 Å². The fourth-order valence-corrected chi connectivity index (χ4v) is 9.70. The zero-order chi connectivity index (χ0) is 58.9. The van der Waals surface area contributed by atoms with Gasteiger partial charge < -0.3 is 39.0 Å². The molecular formula is C69H118O12. The minimum atomic E-state index is -1.91. The van der Waals surface area contributed by atoms with Crippen molar-refractivity contribution in [2.75, 3.05) is 13.2 Å². The molecule has 1 aliphatic rings. The van der Waals surface area contributed by atoms with Gasteiger partial charge in [-0.25, -0.2) is 4.79 Å². The van der Waals surface area contributed by atoms with E-state index in [1.807, 2.05) is 0 Å². The molecule has 81 heavy (non-hydrogen) atoms. The first-order valence-electron chi connectivity index (χ1n) is 32.9. The maximum absolute atomic E-state index is 13.2. The van der Waals surface area contributed by atoms with E-state index >= 15 is 0 Å². The van der Waals surface area contributed by atoms with Crippen LogP contribution in [0.3, 0.4) is 0 Å². The summed E-state index contributed by atoms with van der Waals surface area (Å²) in [6.45, 7) is 5.87. The number of unbranched alkanes of at least 4 members (excludes halogenated alkanes) is 30. The van der Waals surface area contributed by atoms with Crippen LogP contribution in [0.5, 0.6) is 0 Å². The molecule has 6 unspecified atom stereocenters. The van der Waals surface area contributed by atoms with Gasteiger partial charge in [0.05, 0.1) is 6.61 Å². The largest absolute Gasteiger partial charge is 0.479 e. The summed E-state index contributed by atoms with van der Waals surface area (Å²) in [6, 6.07) is 0. The number of hydrogen-bond acceptors (Lipinski definition) is 11. The molecule has 1 fully saturated rings. The zero-order valence-electron chi connectivity index (χ0n) is 51.5. The Hall–Kier alpha value is -3.84. The van der Waals surface area contributed by atoms with Gasteiger partial charge in [-0.3, -0.25) is 14.4 Å². The van der Waals surface area contributed by atoms with Crippen molar-refractivity contribution in [2.24, 2.45) is 0 Å². The topological polar surface area (TPSA) is 175 Å². The van der Waals surface area contributed by atoms with E-state index in [1.54, 1.807) is 0 Å². The molecule has 1 aliphatic heterocycles. The molecule has 0 saturated carbocycles. The first kappa shape index (κ1) is 75.2. The number of carbonyl (C=O) groups excluding carboxylic acids is 3. The van der Waals surface area contributed by atoms with Crippen molar-refractivity contribution in [2.45, 2.75) is 327 Å². The molecule has 0 bridgehead atoms. The molecule has 0 spiro atoms. The van der Waals surface area contributed by atoms with E-state index in [-0.39, 0.29) is 25.9 Å². The molecule has 6 atom stereocenters.